The second-order valence-electron chi connectivity index (χ2n) is 7.71. The van der Waals surface area contributed by atoms with Crippen LogP contribution in [-0.2, 0) is 15.0 Å². The van der Waals surface area contributed by atoms with Gasteiger partial charge in [-0.25, -0.2) is 0 Å². The van der Waals surface area contributed by atoms with Crippen molar-refractivity contribution in [1.29, 1.82) is 0 Å². The predicted molar refractivity (Wildman–Crippen MR) is 97.1 cm³/mol. The average Bonchev–Trinajstić information content (AvgIpc) is 3.17. The summed E-state index contributed by atoms with van der Waals surface area (Å²) in [6.45, 7) is 1.85. The number of hydrogen-bond acceptors (Lipinski definition) is 4. The molecular formula is C20H16N4O3. The third-order valence-electron chi connectivity index (χ3n) is 6.61. The number of fused-ring (bicyclic) bond motifs is 5. The first-order valence-electron chi connectivity index (χ1n) is 8.91. The number of nitrogens with one attached hydrogen (secondary N) is 3. The van der Waals surface area contributed by atoms with Crippen molar-refractivity contribution in [2.24, 2.45) is 0 Å². The minimum Gasteiger partial charge on any atom is -0.363 e. The molecule has 2 aromatic rings. The van der Waals surface area contributed by atoms with E-state index < -0.39 is 23.2 Å². The number of nitrogens with zero attached hydrogens (tertiary/aromatic N) is 1. The minimum absolute atomic E-state index is 0.227. The number of benzene rings is 2. The van der Waals surface area contributed by atoms with Crippen LogP contribution in [0.3, 0.4) is 0 Å². The molecule has 2 unspecified atom stereocenters. The van der Waals surface area contributed by atoms with Gasteiger partial charge in [0.1, 0.15) is 17.6 Å². The molecule has 2 fully saturated rings. The summed E-state index contributed by atoms with van der Waals surface area (Å²) in [5.41, 5.74) is 0.534. The van der Waals surface area contributed by atoms with Crippen LogP contribution < -0.4 is 16.0 Å². The lowest BCUT2D eigenvalue weighted by atomic mass is 9.67. The molecule has 7 nitrogen and oxygen atoms in total. The molecule has 7 heteroatoms. The van der Waals surface area contributed by atoms with Crippen LogP contribution in [0.4, 0.5) is 11.4 Å². The highest BCUT2D eigenvalue weighted by molar-refractivity contribution is 6.17. The molecule has 0 aromatic heterocycles. The Labute approximate surface area is 154 Å². The van der Waals surface area contributed by atoms with E-state index >= 15 is 0 Å². The average molecular weight is 360 g/mol. The molecule has 1 spiro atoms. The van der Waals surface area contributed by atoms with E-state index in [4.69, 9.17) is 0 Å². The van der Waals surface area contributed by atoms with Crippen molar-refractivity contribution in [3.05, 3.63) is 59.7 Å². The van der Waals surface area contributed by atoms with E-state index in [1.165, 1.54) is 0 Å². The van der Waals surface area contributed by atoms with Gasteiger partial charge in [0, 0.05) is 11.4 Å². The smallest absolute Gasteiger partial charge is 0.258 e. The third-order valence-corrected chi connectivity index (χ3v) is 6.61. The molecule has 2 aromatic carbocycles. The van der Waals surface area contributed by atoms with Crippen molar-refractivity contribution in [2.75, 3.05) is 10.6 Å². The highest BCUT2D eigenvalue weighted by Crippen LogP contribution is 2.59. The van der Waals surface area contributed by atoms with E-state index in [0.717, 1.165) is 5.56 Å². The largest absolute Gasteiger partial charge is 0.363 e. The molecule has 4 heterocycles. The summed E-state index contributed by atoms with van der Waals surface area (Å²) >= 11 is 0. The summed E-state index contributed by atoms with van der Waals surface area (Å²) in [7, 11) is 0. The van der Waals surface area contributed by atoms with Gasteiger partial charge in [0.15, 0.2) is 0 Å². The van der Waals surface area contributed by atoms with Gasteiger partial charge in [0.25, 0.3) is 5.91 Å². The molecule has 0 saturated carbocycles. The fourth-order valence-electron chi connectivity index (χ4n) is 5.55. The van der Waals surface area contributed by atoms with Crippen molar-refractivity contribution < 1.29 is 14.4 Å². The second-order valence-corrected chi connectivity index (χ2v) is 7.71. The van der Waals surface area contributed by atoms with Crippen molar-refractivity contribution in [3.8, 4) is 0 Å². The molecule has 134 valence electrons. The highest BCUT2D eigenvalue weighted by atomic mass is 16.2. The van der Waals surface area contributed by atoms with Crippen molar-refractivity contribution >= 4 is 29.1 Å². The third kappa shape index (κ3) is 1.35. The van der Waals surface area contributed by atoms with Gasteiger partial charge in [-0.15, -0.1) is 0 Å². The molecule has 6 rings (SSSR count). The van der Waals surface area contributed by atoms with Crippen molar-refractivity contribution in [2.45, 2.75) is 30.1 Å². The molecule has 4 aliphatic heterocycles. The Hall–Kier alpha value is -3.35. The number of amides is 3. The standard InChI is InChI=1S/C20H16N4O3/c1-19-17-21-12-8-4-2-6-10(12)16(26)24(17)14(15(25)23-19)20(19)11-7-3-5-9-13(11)22-18(20)27/h2-9,14,17,21H,1H3,(H,22,27)(H,23,25)/t14?,17-,19+,20?/m1/s1. The Kier molecular flexibility index (Phi) is 2.36. The van der Waals surface area contributed by atoms with E-state index in [1.54, 1.807) is 17.0 Å². The molecule has 4 aliphatic rings. The monoisotopic (exact) mass is 360 g/mol. The molecular weight excluding hydrogens is 344 g/mol. The van der Waals surface area contributed by atoms with Crippen molar-refractivity contribution in [3.63, 3.8) is 0 Å². The Morgan fingerprint density at radius 2 is 1.67 bits per heavy atom. The second kappa shape index (κ2) is 4.31. The summed E-state index contributed by atoms with van der Waals surface area (Å²) in [6, 6.07) is 13.7. The van der Waals surface area contributed by atoms with Crippen LogP contribution in [-0.4, -0.2) is 40.4 Å². The van der Waals surface area contributed by atoms with E-state index in [1.807, 2.05) is 43.3 Å². The summed E-state index contributed by atoms with van der Waals surface area (Å²) in [6.07, 6.45) is -0.514. The zero-order chi connectivity index (χ0) is 18.6. The number of para-hydroxylation sites is 2. The molecule has 4 atom stereocenters. The lowest BCUT2D eigenvalue weighted by molar-refractivity contribution is -0.128. The van der Waals surface area contributed by atoms with Crippen LogP contribution in [0.25, 0.3) is 0 Å². The van der Waals surface area contributed by atoms with Gasteiger partial charge in [-0.3, -0.25) is 14.4 Å². The van der Waals surface area contributed by atoms with Gasteiger partial charge in [0.05, 0.1) is 11.1 Å². The minimum atomic E-state index is -1.17. The molecule has 2 bridgehead atoms. The quantitative estimate of drug-likeness (QED) is 0.655. The lowest BCUT2D eigenvalue weighted by Crippen LogP contribution is -2.67. The molecule has 0 aliphatic carbocycles. The van der Waals surface area contributed by atoms with Gasteiger partial charge in [-0.05, 0) is 30.7 Å². The number of anilines is 2. The van der Waals surface area contributed by atoms with E-state index in [2.05, 4.69) is 16.0 Å². The zero-order valence-electron chi connectivity index (χ0n) is 14.4. The molecule has 27 heavy (non-hydrogen) atoms. The van der Waals surface area contributed by atoms with Crippen molar-refractivity contribution in [1.82, 2.24) is 10.2 Å². The lowest BCUT2D eigenvalue weighted by Gasteiger charge is -2.44. The first kappa shape index (κ1) is 14.8. The van der Waals surface area contributed by atoms with E-state index in [-0.39, 0.29) is 17.7 Å². The first-order valence-corrected chi connectivity index (χ1v) is 8.91. The SMILES string of the molecule is C[C@]12NC(=O)C(N3C(=O)c4ccccc4N[C@H]31)C21C(=O)Nc2ccccc21. The Bertz CT molecular complexity index is 1080. The van der Waals surface area contributed by atoms with Crippen LogP contribution in [0.2, 0.25) is 0 Å². The number of carbonyl (C=O) groups is 3. The van der Waals surface area contributed by atoms with Crippen LogP contribution in [0.5, 0.6) is 0 Å². The Balaban J connectivity index is 1.64. The first-order chi connectivity index (χ1) is 13.0. The molecule has 2 saturated heterocycles. The summed E-state index contributed by atoms with van der Waals surface area (Å²) < 4.78 is 0. The number of hydrogen-bond donors (Lipinski definition) is 3. The molecule has 3 amide bonds. The van der Waals surface area contributed by atoms with Gasteiger partial charge in [-0.1, -0.05) is 30.3 Å². The maximum absolute atomic E-state index is 13.3. The normalized spacial score (nSPS) is 34.7. The Morgan fingerprint density at radius 1 is 0.963 bits per heavy atom. The van der Waals surface area contributed by atoms with Gasteiger partial charge >= 0.3 is 0 Å². The maximum Gasteiger partial charge on any atom is 0.258 e. The van der Waals surface area contributed by atoms with Crippen LogP contribution in [0.15, 0.2) is 48.5 Å². The predicted octanol–water partition coefficient (Wildman–Crippen LogP) is 1.04. The summed E-state index contributed by atoms with van der Waals surface area (Å²) in [4.78, 5) is 41.1. The Morgan fingerprint density at radius 3 is 2.48 bits per heavy atom. The zero-order valence-corrected chi connectivity index (χ0v) is 14.4. The number of carbonyl (C=O) groups excluding carboxylic acids is 3. The highest BCUT2D eigenvalue weighted by Gasteiger charge is 2.81. The fraction of sp³-hybridized carbons (Fsp3) is 0.250. The summed E-state index contributed by atoms with van der Waals surface area (Å²) in [5, 5.41) is 9.35. The van der Waals surface area contributed by atoms with Gasteiger partial charge in [-0.2, -0.15) is 0 Å². The number of rotatable bonds is 0. The van der Waals surface area contributed by atoms with Crippen LogP contribution >= 0.6 is 0 Å². The van der Waals surface area contributed by atoms with Crippen LogP contribution in [0.1, 0.15) is 22.8 Å². The van der Waals surface area contributed by atoms with Gasteiger partial charge in [0.2, 0.25) is 11.8 Å². The van der Waals surface area contributed by atoms with E-state index in [9.17, 15) is 14.4 Å². The molecule has 0 radical (unpaired) electrons. The maximum atomic E-state index is 13.3. The summed E-state index contributed by atoms with van der Waals surface area (Å²) in [5.74, 6) is -0.771. The van der Waals surface area contributed by atoms with Gasteiger partial charge < -0.3 is 20.9 Å². The van der Waals surface area contributed by atoms with Crippen LogP contribution in [0, 0.1) is 0 Å². The number of piperazine rings is 1. The fourth-order valence-corrected chi connectivity index (χ4v) is 5.55. The topological polar surface area (TPSA) is 90.5 Å². The van der Waals surface area contributed by atoms with E-state index in [0.29, 0.717) is 16.9 Å². The molecule has 3 N–H and O–H groups in total.